The summed E-state index contributed by atoms with van der Waals surface area (Å²) >= 11 is 4.48. The molecule has 3 aromatic rings. The van der Waals surface area contributed by atoms with Gasteiger partial charge in [0.25, 0.3) is 5.22 Å². The maximum atomic E-state index is 12.2. The number of benzene rings is 2. The fraction of sp³-hybridized carbons (Fsp3) is 0.118. The van der Waals surface area contributed by atoms with Gasteiger partial charge < -0.3 is 15.5 Å². The number of halogens is 1. The molecule has 2 amide bonds. The summed E-state index contributed by atoms with van der Waals surface area (Å²) in [6.45, 7) is 0. The lowest BCUT2D eigenvalue weighted by molar-refractivity contribution is -0.126. The minimum Gasteiger partial charge on any atom is -0.431 e. The number of amides is 2. The quantitative estimate of drug-likeness (QED) is 0.598. The molecule has 0 bridgehead atoms. The molecule has 3 rings (SSSR count). The van der Waals surface area contributed by atoms with Crippen LogP contribution in [0.15, 0.2) is 62.6 Å². The highest BCUT2D eigenvalue weighted by atomic mass is 79.9. The second-order valence-electron chi connectivity index (χ2n) is 5.19. The first-order valence-corrected chi connectivity index (χ1v) is 9.13. The maximum absolute atomic E-state index is 12.2. The molecule has 0 saturated carbocycles. The van der Waals surface area contributed by atoms with Gasteiger partial charge in [-0.15, -0.1) is 0 Å². The van der Waals surface area contributed by atoms with Crippen molar-refractivity contribution in [2.45, 2.75) is 11.3 Å². The number of thioether (sulfide) groups is 1. The van der Waals surface area contributed by atoms with E-state index in [9.17, 15) is 9.59 Å². The highest BCUT2D eigenvalue weighted by Gasteiger charge is 2.20. The Labute approximate surface area is 156 Å². The predicted octanol–water partition coefficient (Wildman–Crippen LogP) is 3.03. The number of hydrogen-bond acceptors (Lipinski definition) is 5. The Hall–Kier alpha value is -2.32. The largest absolute Gasteiger partial charge is 0.431 e. The van der Waals surface area contributed by atoms with Gasteiger partial charge in [-0.1, -0.05) is 52.0 Å². The Balaban J connectivity index is 1.63. The SMILES string of the molecule is NC(=O)[C@H](NC(=O)CSc1nc2ccccc2o1)c1ccc(Br)cc1. The van der Waals surface area contributed by atoms with E-state index < -0.39 is 11.9 Å². The van der Waals surface area contributed by atoms with Gasteiger partial charge in [0.15, 0.2) is 5.58 Å². The molecule has 8 heteroatoms. The zero-order valence-corrected chi connectivity index (χ0v) is 15.3. The molecule has 0 radical (unpaired) electrons. The van der Waals surface area contributed by atoms with E-state index in [0.29, 0.717) is 16.4 Å². The first-order valence-electron chi connectivity index (χ1n) is 7.35. The molecule has 0 aliphatic carbocycles. The van der Waals surface area contributed by atoms with Crippen molar-refractivity contribution in [3.05, 3.63) is 58.6 Å². The molecule has 1 aromatic heterocycles. The Morgan fingerprint density at radius 3 is 2.60 bits per heavy atom. The van der Waals surface area contributed by atoms with Crippen molar-refractivity contribution >= 4 is 50.6 Å². The van der Waals surface area contributed by atoms with Crippen LogP contribution in [0.4, 0.5) is 0 Å². The molecule has 0 unspecified atom stereocenters. The van der Waals surface area contributed by atoms with Gasteiger partial charge in [-0.05, 0) is 29.8 Å². The van der Waals surface area contributed by atoms with E-state index in [4.69, 9.17) is 10.2 Å². The lowest BCUT2D eigenvalue weighted by atomic mass is 10.1. The number of carbonyl (C=O) groups excluding carboxylic acids is 2. The molecule has 128 valence electrons. The lowest BCUT2D eigenvalue weighted by Crippen LogP contribution is -2.38. The number of aromatic nitrogens is 1. The maximum Gasteiger partial charge on any atom is 0.257 e. The topological polar surface area (TPSA) is 98.2 Å². The Kier molecular flexibility index (Phi) is 5.40. The standard InChI is InChI=1S/C17H14BrN3O3S/c18-11-7-5-10(6-8-11)15(16(19)23)21-14(22)9-25-17-20-12-3-1-2-4-13(12)24-17/h1-8,15H,9H2,(H2,19,23)(H,21,22)/t15-/m1/s1. The molecule has 1 heterocycles. The van der Waals surface area contributed by atoms with Crippen LogP contribution in [-0.2, 0) is 9.59 Å². The third-order valence-corrected chi connectivity index (χ3v) is 4.75. The zero-order valence-electron chi connectivity index (χ0n) is 12.9. The molecule has 0 aliphatic rings. The van der Waals surface area contributed by atoms with Crippen LogP contribution < -0.4 is 11.1 Å². The molecule has 0 aliphatic heterocycles. The smallest absolute Gasteiger partial charge is 0.257 e. The van der Waals surface area contributed by atoms with Crippen molar-refractivity contribution in [2.75, 3.05) is 5.75 Å². The predicted molar refractivity (Wildman–Crippen MR) is 99.0 cm³/mol. The van der Waals surface area contributed by atoms with Crippen molar-refractivity contribution in [3.8, 4) is 0 Å². The van der Waals surface area contributed by atoms with E-state index in [1.807, 2.05) is 24.3 Å². The van der Waals surface area contributed by atoms with Crippen molar-refractivity contribution < 1.29 is 14.0 Å². The van der Waals surface area contributed by atoms with Crippen LogP contribution in [0.5, 0.6) is 0 Å². The van der Waals surface area contributed by atoms with Gasteiger partial charge in [-0.25, -0.2) is 4.98 Å². The van der Waals surface area contributed by atoms with Crippen LogP contribution in [0, 0.1) is 0 Å². The number of hydrogen-bond donors (Lipinski definition) is 2. The summed E-state index contributed by atoms with van der Waals surface area (Å²) < 4.78 is 6.42. The normalized spacial score (nSPS) is 12.0. The van der Waals surface area contributed by atoms with E-state index in [1.165, 1.54) is 0 Å². The van der Waals surface area contributed by atoms with Crippen LogP contribution in [-0.4, -0.2) is 22.6 Å². The van der Waals surface area contributed by atoms with Crippen molar-refractivity contribution in [1.29, 1.82) is 0 Å². The number of nitrogens with zero attached hydrogens (tertiary/aromatic N) is 1. The fourth-order valence-electron chi connectivity index (χ4n) is 2.22. The van der Waals surface area contributed by atoms with Gasteiger partial charge in [-0.3, -0.25) is 9.59 Å². The van der Waals surface area contributed by atoms with Crippen LogP contribution in [0.25, 0.3) is 11.1 Å². The Morgan fingerprint density at radius 1 is 1.20 bits per heavy atom. The van der Waals surface area contributed by atoms with Gasteiger partial charge >= 0.3 is 0 Å². The number of nitrogens with one attached hydrogen (secondary N) is 1. The average molecular weight is 420 g/mol. The fourth-order valence-corrected chi connectivity index (χ4v) is 3.13. The van der Waals surface area contributed by atoms with Crippen LogP contribution in [0.1, 0.15) is 11.6 Å². The summed E-state index contributed by atoms with van der Waals surface area (Å²) in [4.78, 5) is 28.1. The lowest BCUT2D eigenvalue weighted by Gasteiger charge is -2.15. The monoisotopic (exact) mass is 419 g/mol. The number of fused-ring (bicyclic) bond motifs is 1. The van der Waals surface area contributed by atoms with Gasteiger partial charge in [0.1, 0.15) is 11.6 Å². The summed E-state index contributed by atoms with van der Waals surface area (Å²) in [6, 6.07) is 13.5. The number of primary amides is 1. The zero-order chi connectivity index (χ0) is 17.8. The molecule has 3 N–H and O–H groups in total. The van der Waals surface area contributed by atoms with Gasteiger partial charge in [0, 0.05) is 4.47 Å². The minimum absolute atomic E-state index is 0.0626. The van der Waals surface area contributed by atoms with E-state index in [2.05, 4.69) is 26.2 Å². The molecule has 25 heavy (non-hydrogen) atoms. The highest BCUT2D eigenvalue weighted by molar-refractivity contribution is 9.10. The van der Waals surface area contributed by atoms with Crippen molar-refractivity contribution in [2.24, 2.45) is 5.73 Å². The van der Waals surface area contributed by atoms with E-state index in [0.717, 1.165) is 21.8 Å². The molecule has 0 fully saturated rings. The van der Waals surface area contributed by atoms with Crippen molar-refractivity contribution in [1.82, 2.24) is 10.3 Å². The first kappa shape index (κ1) is 17.5. The molecular formula is C17H14BrN3O3S. The van der Waals surface area contributed by atoms with Gasteiger partial charge in [0.2, 0.25) is 11.8 Å². The number of para-hydroxylation sites is 2. The second-order valence-corrected chi connectivity index (χ2v) is 7.03. The van der Waals surface area contributed by atoms with Crippen LogP contribution in [0.3, 0.4) is 0 Å². The van der Waals surface area contributed by atoms with E-state index in [-0.39, 0.29) is 11.7 Å². The summed E-state index contributed by atoms with van der Waals surface area (Å²) in [6.07, 6.45) is 0. The minimum atomic E-state index is -0.884. The highest BCUT2D eigenvalue weighted by Crippen LogP contribution is 2.23. The van der Waals surface area contributed by atoms with Crippen molar-refractivity contribution in [3.63, 3.8) is 0 Å². The number of carbonyl (C=O) groups is 2. The molecule has 2 aromatic carbocycles. The number of oxazole rings is 1. The average Bonchev–Trinajstić information content (AvgIpc) is 3.01. The third kappa shape index (κ3) is 4.40. The second kappa shape index (κ2) is 7.71. The molecular weight excluding hydrogens is 406 g/mol. The molecule has 0 spiro atoms. The summed E-state index contributed by atoms with van der Waals surface area (Å²) in [5.41, 5.74) is 7.43. The third-order valence-electron chi connectivity index (χ3n) is 3.39. The van der Waals surface area contributed by atoms with Gasteiger partial charge in [0.05, 0.1) is 5.75 Å². The number of rotatable bonds is 6. The Bertz CT molecular complexity index is 878. The Morgan fingerprint density at radius 2 is 1.92 bits per heavy atom. The van der Waals surface area contributed by atoms with Crippen LogP contribution >= 0.6 is 27.7 Å². The summed E-state index contributed by atoms with van der Waals surface area (Å²) in [5.74, 6) is -0.894. The summed E-state index contributed by atoms with van der Waals surface area (Å²) in [7, 11) is 0. The molecule has 6 nitrogen and oxygen atoms in total. The molecule has 1 atom stereocenters. The molecule has 0 saturated heterocycles. The number of nitrogens with two attached hydrogens (primary N) is 1. The summed E-state index contributed by atoms with van der Waals surface area (Å²) in [5, 5.41) is 3.04. The van der Waals surface area contributed by atoms with Gasteiger partial charge in [-0.2, -0.15) is 0 Å². The first-order chi connectivity index (χ1) is 12.0. The van der Waals surface area contributed by atoms with E-state index in [1.54, 1.807) is 24.3 Å². The van der Waals surface area contributed by atoms with E-state index >= 15 is 0 Å². The van der Waals surface area contributed by atoms with Crippen LogP contribution in [0.2, 0.25) is 0 Å².